The highest BCUT2D eigenvalue weighted by molar-refractivity contribution is 5.98. The molecule has 19 heavy (non-hydrogen) atoms. The Balaban J connectivity index is 2.53. The van der Waals surface area contributed by atoms with Crippen LogP contribution in [0.1, 0.15) is 0 Å². The third-order valence-corrected chi connectivity index (χ3v) is 3.00. The van der Waals surface area contributed by atoms with Crippen molar-refractivity contribution < 1.29 is 22.0 Å². The van der Waals surface area contributed by atoms with Gasteiger partial charge in [-0.25, -0.2) is 22.0 Å². The quantitative estimate of drug-likeness (QED) is 0.315. The summed E-state index contributed by atoms with van der Waals surface area (Å²) in [7, 11) is 0. The molecule has 0 spiro atoms. The molecule has 0 aromatic heterocycles. The minimum Gasteiger partial charge on any atom is -0.204 e. The van der Waals surface area contributed by atoms with E-state index >= 15 is 0 Å². The van der Waals surface area contributed by atoms with Crippen LogP contribution >= 0.6 is 0 Å². The molecular weight excluding hydrogens is 263 g/mol. The molecule has 0 bridgehead atoms. The van der Waals surface area contributed by atoms with Crippen LogP contribution in [0.5, 0.6) is 0 Å². The molecule has 3 aromatic rings. The van der Waals surface area contributed by atoms with Crippen molar-refractivity contribution in [3.63, 3.8) is 0 Å². The molecule has 0 nitrogen and oxygen atoms in total. The lowest BCUT2D eigenvalue weighted by molar-refractivity contribution is 0.453. The van der Waals surface area contributed by atoms with Crippen LogP contribution in [-0.2, 0) is 0 Å². The molecule has 0 unspecified atom stereocenters. The summed E-state index contributed by atoms with van der Waals surface area (Å²) in [5.41, 5.74) is 0. The van der Waals surface area contributed by atoms with E-state index < -0.39 is 29.1 Å². The second-order valence-corrected chi connectivity index (χ2v) is 4.14. The van der Waals surface area contributed by atoms with Crippen LogP contribution in [-0.4, -0.2) is 0 Å². The summed E-state index contributed by atoms with van der Waals surface area (Å²) in [6.45, 7) is 0. The molecule has 96 valence electrons. The lowest BCUT2D eigenvalue weighted by Crippen LogP contribution is -1.93. The molecular formula is C14H5F5. The van der Waals surface area contributed by atoms with Crippen molar-refractivity contribution in [2.24, 2.45) is 0 Å². The first-order valence-corrected chi connectivity index (χ1v) is 5.34. The monoisotopic (exact) mass is 268 g/mol. The van der Waals surface area contributed by atoms with Crippen molar-refractivity contribution >= 4 is 21.5 Å². The van der Waals surface area contributed by atoms with E-state index in [1.54, 1.807) is 0 Å². The number of halogens is 5. The van der Waals surface area contributed by atoms with Crippen molar-refractivity contribution in [3.8, 4) is 0 Å². The molecule has 0 radical (unpaired) electrons. The fourth-order valence-electron chi connectivity index (χ4n) is 2.06. The van der Waals surface area contributed by atoms with Gasteiger partial charge in [-0.3, -0.25) is 0 Å². The summed E-state index contributed by atoms with van der Waals surface area (Å²) < 4.78 is 66.5. The van der Waals surface area contributed by atoms with Gasteiger partial charge in [0.2, 0.25) is 0 Å². The van der Waals surface area contributed by atoms with Gasteiger partial charge in [-0.05, 0) is 35.0 Å². The summed E-state index contributed by atoms with van der Waals surface area (Å²) in [5, 5.41) is -0.125. The summed E-state index contributed by atoms with van der Waals surface area (Å²) in [6.07, 6.45) is 0. The number of fused-ring (bicyclic) bond motifs is 2. The van der Waals surface area contributed by atoms with Gasteiger partial charge in [0, 0.05) is 10.8 Å². The van der Waals surface area contributed by atoms with Crippen molar-refractivity contribution in [2.75, 3.05) is 0 Å². The summed E-state index contributed by atoms with van der Waals surface area (Å²) in [5.74, 6) is -6.62. The Morgan fingerprint density at radius 3 is 1.95 bits per heavy atom. The van der Waals surface area contributed by atoms with E-state index in [1.165, 1.54) is 12.1 Å². The SMILES string of the molecule is Fc1cc2cc3ccc(F)c(F)c3cc2c(F)c1F. The number of benzene rings is 3. The first-order valence-electron chi connectivity index (χ1n) is 5.34. The van der Waals surface area contributed by atoms with Gasteiger partial charge in [-0.1, -0.05) is 6.07 Å². The Labute approximate surface area is 104 Å². The lowest BCUT2D eigenvalue weighted by Gasteiger charge is -2.06. The molecule has 0 heterocycles. The van der Waals surface area contributed by atoms with E-state index in [-0.39, 0.29) is 21.5 Å². The Morgan fingerprint density at radius 1 is 0.526 bits per heavy atom. The van der Waals surface area contributed by atoms with Gasteiger partial charge in [0.25, 0.3) is 0 Å². The summed E-state index contributed by atoms with van der Waals surface area (Å²) in [6, 6.07) is 5.26. The van der Waals surface area contributed by atoms with Crippen LogP contribution in [0.2, 0.25) is 0 Å². The van der Waals surface area contributed by atoms with Gasteiger partial charge < -0.3 is 0 Å². The minimum atomic E-state index is -1.64. The highest BCUT2D eigenvalue weighted by atomic mass is 19.2. The molecule has 0 amide bonds. The fourth-order valence-corrected chi connectivity index (χ4v) is 2.06. The minimum absolute atomic E-state index is 0.0786. The van der Waals surface area contributed by atoms with E-state index in [4.69, 9.17) is 0 Å². The first kappa shape index (κ1) is 11.9. The van der Waals surface area contributed by atoms with E-state index in [0.29, 0.717) is 0 Å². The van der Waals surface area contributed by atoms with Crippen LogP contribution < -0.4 is 0 Å². The maximum Gasteiger partial charge on any atom is 0.195 e. The van der Waals surface area contributed by atoms with Gasteiger partial charge in [0.1, 0.15) is 0 Å². The van der Waals surface area contributed by atoms with Crippen LogP contribution in [0.25, 0.3) is 21.5 Å². The molecule has 0 saturated carbocycles. The Kier molecular flexibility index (Phi) is 2.45. The lowest BCUT2D eigenvalue weighted by atomic mass is 10.0. The molecule has 3 rings (SSSR count). The predicted octanol–water partition coefficient (Wildman–Crippen LogP) is 4.69. The zero-order chi connectivity index (χ0) is 13.7. The number of hydrogen-bond acceptors (Lipinski definition) is 0. The van der Waals surface area contributed by atoms with E-state index in [0.717, 1.165) is 18.2 Å². The standard InChI is InChI=1S/C14H5F5/c15-10-2-1-6-3-7-4-11(16)14(19)13(18)9(7)5-8(6)12(10)17/h1-5H. The summed E-state index contributed by atoms with van der Waals surface area (Å²) >= 11 is 0. The molecule has 0 aliphatic rings. The Bertz CT molecular complexity index is 823. The predicted molar refractivity (Wildman–Crippen MR) is 61.2 cm³/mol. The molecule has 0 aliphatic heterocycles. The van der Waals surface area contributed by atoms with Crippen LogP contribution in [0.4, 0.5) is 22.0 Å². The molecule has 5 heteroatoms. The number of rotatable bonds is 0. The molecule has 0 aliphatic carbocycles. The average molecular weight is 268 g/mol. The maximum absolute atomic E-state index is 13.6. The van der Waals surface area contributed by atoms with E-state index in [1.807, 2.05) is 0 Å². The topological polar surface area (TPSA) is 0 Å². The van der Waals surface area contributed by atoms with Crippen molar-refractivity contribution in [2.45, 2.75) is 0 Å². The van der Waals surface area contributed by atoms with Crippen molar-refractivity contribution in [1.29, 1.82) is 0 Å². The Hall–Kier alpha value is -2.17. The molecule has 0 fully saturated rings. The molecule has 0 N–H and O–H groups in total. The average Bonchev–Trinajstić information content (AvgIpc) is 2.39. The van der Waals surface area contributed by atoms with Gasteiger partial charge in [-0.2, -0.15) is 0 Å². The molecule has 3 aromatic carbocycles. The molecule has 0 saturated heterocycles. The van der Waals surface area contributed by atoms with Gasteiger partial charge in [0.15, 0.2) is 29.1 Å². The highest BCUT2D eigenvalue weighted by Crippen LogP contribution is 2.29. The normalized spacial score (nSPS) is 11.4. The van der Waals surface area contributed by atoms with Gasteiger partial charge in [-0.15, -0.1) is 0 Å². The summed E-state index contributed by atoms with van der Waals surface area (Å²) in [4.78, 5) is 0. The second-order valence-electron chi connectivity index (χ2n) is 4.14. The Morgan fingerprint density at radius 2 is 1.21 bits per heavy atom. The largest absolute Gasteiger partial charge is 0.204 e. The fraction of sp³-hybridized carbons (Fsp3) is 0. The van der Waals surface area contributed by atoms with Crippen LogP contribution in [0.15, 0.2) is 30.3 Å². The smallest absolute Gasteiger partial charge is 0.195 e. The van der Waals surface area contributed by atoms with E-state index in [2.05, 4.69) is 0 Å². The van der Waals surface area contributed by atoms with Gasteiger partial charge in [0.05, 0.1) is 0 Å². The van der Waals surface area contributed by atoms with Crippen LogP contribution in [0, 0.1) is 29.1 Å². The van der Waals surface area contributed by atoms with Crippen LogP contribution in [0.3, 0.4) is 0 Å². The second kappa shape index (κ2) is 3.91. The third kappa shape index (κ3) is 1.65. The molecule has 0 atom stereocenters. The van der Waals surface area contributed by atoms with E-state index in [9.17, 15) is 22.0 Å². The maximum atomic E-state index is 13.6. The number of hydrogen-bond donors (Lipinski definition) is 0. The first-order chi connectivity index (χ1) is 8.99. The van der Waals surface area contributed by atoms with Crippen molar-refractivity contribution in [3.05, 3.63) is 59.4 Å². The highest BCUT2D eigenvalue weighted by Gasteiger charge is 2.16. The zero-order valence-electron chi connectivity index (χ0n) is 9.28. The van der Waals surface area contributed by atoms with Gasteiger partial charge >= 0.3 is 0 Å². The third-order valence-electron chi connectivity index (χ3n) is 3.00. The van der Waals surface area contributed by atoms with Crippen molar-refractivity contribution in [1.82, 2.24) is 0 Å². The zero-order valence-corrected chi connectivity index (χ0v) is 9.28.